The zero-order valence-electron chi connectivity index (χ0n) is 12.0. The van der Waals surface area contributed by atoms with Gasteiger partial charge in [-0.3, -0.25) is 0 Å². The van der Waals surface area contributed by atoms with Crippen LogP contribution in [0.15, 0.2) is 12.1 Å². The number of rotatable bonds is 1. The average Bonchev–Trinajstić information content (AvgIpc) is 2.19. The number of benzene rings is 1. The predicted molar refractivity (Wildman–Crippen MR) is 76.9 cm³/mol. The Morgan fingerprint density at radius 3 is 1.44 bits per heavy atom. The summed E-state index contributed by atoms with van der Waals surface area (Å²) < 4.78 is 0. The van der Waals surface area contributed by atoms with Crippen LogP contribution in [0.3, 0.4) is 0 Å². The Hall–Kier alpha value is -0.0138. The molecule has 16 heavy (non-hydrogen) atoms. The maximum absolute atomic E-state index is 3.25. The van der Waals surface area contributed by atoms with Crippen molar-refractivity contribution in [3.05, 3.63) is 41.8 Å². The fraction of sp³-hybridized carbons (Fsp3) is 0.533. The summed E-state index contributed by atoms with van der Waals surface area (Å²) in [5.74, 6) is 0. The summed E-state index contributed by atoms with van der Waals surface area (Å²) in [6.45, 7) is 15.6. The van der Waals surface area contributed by atoms with Gasteiger partial charge in [0.05, 0.1) is 0 Å². The second kappa shape index (κ2) is 15.0. The Balaban J connectivity index is -0.000000209. The van der Waals surface area contributed by atoms with Crippen LogP contribution in [0, 0.1) is 33.8 Å². The van der Waals surface area contributed by atoms with Crippen molar-refractivity contribution in [2.24, 2.45) is 0 Å². The summed E-state index contributed by atoms with van der Waals surface area (Å²) in [5.41, 5.74) is 3.78. The van der Waals surface area contributed by atoms with E-state index in [1.54, 1.807) is 6.92 Å². The second-order valence-corrected chi connectivity index (χ2v) is 3.52. The molecule has 1 aromatic rings. The van der Waals surface area contributed by atoms with Gasteiger partial charge in [-0.25, -0.2) is 0 Å². The Kier molecular flexibility index (Phi) is 19.9. The fourth-order valence-corrected chi connectivity index (χ4v) is 1.11. The van der Waals surface area contributed by atoms with Crippen LogP contribution in [0.2, 0.25) is 0 Å². The van der Waals surface area contributed by atoms with Crippen molar-refractivity contribution in [3.8, 4) is 0 Å². The molecule has 0 N–H and O–H groups in total. The van der Waals surface area contributed by atoms with Crippen molar-refractivity contribution in [2.45, 2.75) is 54.4 Å². The molecule has 0 saturated carbocycles. The topological polar surface area (TPSA) is 0 Å². The largest absolute Gasteiger partial charge is 2.00 e. The zero-order valence-corrected chi connectivity index (χ0v) is 13.4. The van der Waals surface area contributed by atoms with Gasteiger partial charge in [0.15, 0.2) is 0 Å². The molecule has 0 aromatic heterocycles. The first-order valence-corrected chi connectivity index (χ1v) is 5.78. The van der Waals surface area contributed by atoms with Crippen molar-refractivity contribution in [2.75, 3.05) is 0 Å². The molecule has 0 spiro atoms. The molecule has 0 bridgehead atoms. The van der Waals surface area contributed by atoms with E-state index in [4.69, 9.17) is 0 Å². The van der Waals surface area contributed by atoms with Gasteiger partial charge in [0.25, 0.3) is 0 Å². The van der Waals surface area contributed by atoms with Crippen LogP contribution in [0.4, 0.5) is 0 Å². The van der Waals surface area contributed by atoms with E-state index in [2.05, 4.69) is 59.7 Å². The van der Waals surface area contributed by atoms with Gasteiger partial charge in [-0.1, -0.05) is 47.5 Å². The molecule has 1 rings (SSSR count). The van der Waals surface area contributed by atoms with Gasteiger partial charge in [-0.15, -0.1) is 0 Å². The summed E-state index contributed by atoms with van der Waals surface area (Å²) in [4.78, 5) is 0. The van der Waals surface area contributed by atoms with Gasteiger partial charge >= 0.3 is 23.1 Å². The molecule has 0 unspecified atom stereocenters. The monoisotopic (exact) mass is 230 g/mol. The van der Waals surface area contributed by atoms with Gasteiger partial charge in [-0.05, 0) is 0 Å². The van der Waals surface area contributed by atoms with E-state index in [0.717, 1.165) is 0 Å². The molecule has 1 heteroatoms. The normalized spacial score (nSPS) is 7.69. The summed E-state index contributed by atoms with van der Waals surface area (Å²) in [6, 6.07) is 7.47. The van der Waals surface area contributed by atoms with Crippen molar-refractivity contribution in [3.63, 3.8) is 0 Å². The van der Waals surface area contributed by atoms with E-state index in [-0.39, 0.29) is 23.1 Å². The third kappa shape index (κ3) is 14.0. The standard InChI is InChI=1S/C9H11.C4H10.C2H5.Mg/c1-7-4-8(2)6-9(3)5-7;1-3-4-2;1-2;/h4-5H,1-3H3;3-4H2,1-2H3;1H2,2H3;/q-1;;-1;+2. The van der Waals surface area contributed by atoms with Crippen molar-refractivity contribution in [1.82, 2.24) is 0 Å². The molecule has 0 aliphatic carbocycles. The number of unbranched alkanes of at least 4 members (excludes halogenated alkanes) is 1. The number of aryl methyl sites for hydroxylation is 3. The summed E-state index contributed by atoms with van der Waals surface area (Å²) in [7, 11) is 0. The van der Waals surface area contributed by atoms with Gasteiger partial charge in [-0.2, -0.15) is 41.8 Å². The molecule has 0 saturated heterocycles. The Bertz CT molecular complexity index is 189. The molecule has 0 fully saturated rings. The average molecular weight is 231 g/mol. The van der Waals surface area contributed by atoms with Crippen molar-refractivity contribution < 1.29 is 0 Å². The van der Waals surface area contributed by atoms with E-state index in [9.17, 15) is 0 Å². The van der Waals surface area contributed by atoms with Crippen LogP contribution < -0.4 is 0 Å². The zero-order chi connectivity index (χ0) is 12.3. The van der Waals surface area contributed by atoms with Gasteiger partial charge in [0.1, 0.15) is 0 Å². The maximum Gasteiger partial charge on any atom is 2.00 e. The smallest absolute Gasteiger partial charge is 0.346 e. The van der Waals surface area contributed by atoms with Crippen molar-refractivity contribution >= 4 is 23.1 Å². The second-order valence-electron chi connectivity index (χ2n) is 3.52. The molecule has 0 aliphatic rings. The molecular formula is C15H26Mg. The van der Waals surface area contributed by atoms with Crippen LogP contribution in [-0.2, 0) is 0 Å². The van der Waals surface area contributed by atoms with Gasteiger partial charge in [0, 0.05) is 0 Å². The van der Waals surface area contributed by atoms with E-state index in [1.807, 2.05) is 0 Å². The summed E-state index contributed by atoms with van der Waals surface area (Å²) >= 11 is 0. The third-order valence-corrected chi connectivity index (χ3v) is 1.78. The Morgan fingerprint density at radius 1 is 0.938 bits per heavy atom. The van der Waals surface area contributed by atoms with E-state index in [0.29, 0.717) is 0 Å². The number of hydrogen-bond acceptors (Lipinski definition) is 0. The number of hydrogen-bond donors (Lipinski definition) is 0. The molecule has 0 atom stereocenters. The quantitative estimate of drug-likeness (QED) is 0.486. The van der Waals surface area contributed by atoms with E-state index >= 15 is 0 Å². The maximum atomic E-state index is 3.25. The van der Waals surface area contributed by atoms with Gasteiger partial charge in [0.2, 0.25) is 0 Å². The van der Waals surface area contributed by atoms with E-state index in [1.165, 1.54) is 29.5 Å². The molecule has 88 valence electrons. The molecule has 0 aliphatic heterocycles. The molecule has 0 amide bonds. The Labute approximate surface area is 119 Å². The fourth-order valence-electron chi connectivity index (χ4n) is 1.11. The molecule has 0 nitrogen and oxygen atoms in total. The van der Waals surface area contributed by atoms with Gasteiger partial charge < -0.3 is 6.92 Å². The minimum Gasteiger partial charge on any atom is -0.346 e. The van der Waals surface area contributed by atoms with E-state index < -0.39 is 0 Å². The third-order valence-electron chi connectivity index (χ3n) is 1.78. The summed E-state index contributed by atoms with van der Waals surface area (Å²) in [6.07, 6.45) is 2.64. The molecule has 1 aromatic carbocycles. The minimum absolute atomic E-state index is 0. The Morgan fingerprint density at radius 2 is 1.25 bits per heavy atom. The van der Waals surface area contributed by atoms with Crippen molar-refractivity contribution in [1.29, 1.82) is 0 Å². The molecule has 0 heterocycles. The van der Waals surface area contributed by atoms with Crippen LogP contribution >= 0.6 is 0 Å². The minimum atomic E-state index is 0. The SMILES string of the molecule is CCCC.Cc1[c-]c(C)cc(C)c1.[CH2-]C.[Mg+2]. The van der Waals surface area contributed by atoms with Crippen LogP contribution in [-0.4, -0.2) is 23.1 Å². The van der Waals surface area contributed by atoms with Crippen LogP contribution in [0.5, 0.6) is 0 Å². The van der Waals surface area contributed by atoms with Crippen LogP contribution in [0.1, 0.15) is 50.3 Å². The first-order valence-electron chi connectivity index (χ1n) is 5.78. The predicted octanol–water partition coefficient (Wildman–Crippen LogP) is 4.68. The molecular weight excluding hydrogens is 204 g/mol. The first kappa shape index (κ1) is 21.3. The summed E-state index contributed by atoms with van der Waals surface area (Å²) in [5, 5.41) is 0. The first-order chi connectivity index (χ1) is 7.10. The van der Waals surface area contributed by atoms with Crippen LogP contribution in [0.25, 0.3) is 0 Å². The molecule has 0 radical (unpaired) electrons.